The van der Waals surface area contributed by atoms with E-state index in [0.717, 1.165) is 17.0 Å². The molecule has 9 heteroatoms. The van der Waals surface area contributed by atoms with Gasteiger partial charge in [0, 0.05) is 61.1 Å². The first-order valence-corrected chi connectivity index (χ1v) is 11.3. The fourth-order valence-corrected chi connectivity index (χ4v) is 4.16. The van der Waals surface area contributed by atoms with Crippen molar-refractivity contribution in [3.63, 3.8) is 0 Å². The number of benzene rings is 3. The van der Waals surface area contributed by atoms with Gasteiger partial charge in [-0.05, 0) is 35.9 Å². The molecule has 0 radical (unpaired) electrons. The second-order valence-electron chi connectivity index (χ2n) is 7.91. The summed E-state index contributed by atoms with van der Waals surface area (Å²) < 4.78 is 5.29. The van der Waals surface area contributed by atoms with Crippen molar-refractivity contribution in [2.75, 3.05) is 43.5 Å². The van der Waals surface area contributed by atoms with Crippen molar-refractivity contribution in [2.45, 2.75) is 6.54 Å². The van der Waals surface area contributed by atoms with E-state index < -0.39 is 4.92 Å². The molecule has 3 aromatic carbocycles. The summed E-state index contributed by atoms with van der Waals surface area (Å²) in [5.74, 6) is 0.567. The van der Waals surface area contributed by atoms with E-state index in [1.807, 2.05) is 42.5 Å². The molecule has 0 saturated carbocycles. The number of carbonyl (C=O) groups is 1. The third-order valence-corrected chi connectivity index (χ3v) is 6.22. The fraction of sp³-hybridized carbons (Fsp3) is 0.240. The maximum absolute atomic E-state index is 13.1. The van der Waals surface area contributed by atoms with Gasteiger partial charge in [-0.25, -0.2) is 0 Å². The molecule has 176 valence electrons. The molecule has 4 rings (SSSR count). The van der Waals surface area contributed by atoms with Crippen molar-refractivity contribution < 1.29 is 14.5 Å². The van der Waals surface area contributed by atoms with Crippen molar-refractivity contribution >= 4 is 34.6 Å². The molecule has 0 bridgehead atoms. The van der Waals surface area contributed by atoms with Gasteiger partial charge in [-0.15, -0.1) is 0 Å². The van der Waals surface area contributed by atoms with E-state index in [1.54, 1.807) is 30.2 Å². The Morgan fingerprint density at radius 3 is 2.53 bits per heavy atom. The number of hydrogen-bond donors (Lipinski definition) is 1. The number of rotatable bonds is 7. The average Bonchev–Trinajstić information content (AvgIpc) is 2.88. The molecule has 0 unspecified atom stereocenters. The summed E-state index contributed by atoms with van der Waals surface area (Å²) in [6.45, 7) is 2.71. The van der Waals surface area contributed by atoms with Crippen LogP contribution in [-0.2, 0) is 6.54 Å². The number of nitro groups is 1. The van der Waals surface area contributed by atoms with Gasteiger partial charge in [-0.3, -0.25) is 14.9 Å². The maximum atomic E-state index is 13.1. The number of piperazine rings is 1. The van der Waals surface area contributed by atoms with Crippen LogP contribution in [0.4, 0.5) is 17.1 Å². The molecule has 1 fully saturated rings. The molecule has 1 amide bonds. The Balaban J connectivity index is 1.43. The number of anilines is 2. The molecule has 0 aromatic heterocycles. The molecule has 1 aliphatic rings. The standard InChI is InChI=1S/C25H25ClN4O4/c1-34-21-7-4-6-20(16-21)28-11-13-29(14-12-28)25(31)18-9-10-23(24(15-18)30(32)33)27-17-19-5-2-3-8-22(19)26/h2-10,15-16,27H,11-14,17H2,1H3. The average molecular weight is 481 g/mol. The van der Waals surface area contributed by atoms with Crippen molar-refractivity contribution in [1.82, 2.24) is 4.90 Å². The molecule has 0 aliphatic carbocycles. The fourth-order valence-electron chi connectivity index (χ4n) is 3.95. The van der Waals surface area contributed by atoms with Crippen molar-refractivity contribution in [3.8, 4) is 5.75 Å². The van der Waals surface area contributed by atoms with Crippen LogP contribution in [0.3, 0.4) is 0 Å². The summed E-state index contributed by atoms with van der Waals surface area (Å²) in [6.07, 6.45) is 0. The monoisotopic (exact) mass is 480 g/mol. The summed E-state index contributed by atoms with van der Waals surface area (Å²) in [5, 5.41) is 15.3. The van der Waals surface area contributed by atoms with Crippen LogP contribution < -0.4 is 15.0 Å². The van der Waals surface area contributed by atoms with Crippen LogP contribution in [0.2, 0.25) is 5.02 Å². The van der Waals surface area contributed by atoms with Crippen LogP contribution >= 0.6 is 11.6 Å². The van der Waals surface area contributed by atoms with Gasteiger partial charge < -0.3 is 19.9 Å². The zero-order valence-electron chi connectivity index (χ0n) is 18.7. The van der Waals surface area contributed by atoms with Crippen LogP contribution in [0.15, 0.2) is 66.7 Å². The van der Waals surface area contributed by atoms with E-state index in [-0.39, 0.29) is 11.6 Å². The van der Waals surface area contributed by atoms with Gasteiger partial charge in [0.2, 0.25) is 0 Å². The van der Waals surface area contributed by atoms with Gasteiger partial charge in [-0.2, -0.15) is 0 Å². The summed E-state index contributed by atoms with van der Waals surface area (Å²) in [5.41, 5.74) is 2.35. The molecule has 0 atom stereocenters. The Morgan fingerprint density at radius 2 is 1.82 bits per heavy atom. The maximum Gasteiger partial charge on any atom is 0.293 e. The third kappa shape index (κ3) is 5.23. The van der Waals surface area contributed by atoms with Crippen molar-refractivity contribution in [2.24, 2.45) is 0 Å². The minimum atomic E-state index is -0.480. The molecule has 1 N–H and O–H groups in total. The predicted molar refractivity (Wildman–Crippen MR) is 133 cm³/mol. The lowest BCUT2D eigenvalue weighted by molar-refractivity contribution is -0.384. The molecule has 0 spiro atoms. The number of methoxy groups -OCH3 is 1. The minimum Gasteiger partial charge on any atom is -0.497 e. The van der Waals surface area contributed by atoms with Gasteiger partial charge in [-0.1, -0.05) is 35.9 Å². The highest BCUT2D eigenvalue weighted by atomic mass is 35.5. The van der Waals surface area contributed by atoms with E-state index in [2.05, 4.69) is 10.2 Å². The summed E-state index contributed by atoms with van der Waals surface area (Å²) >= 11 is 6.18. The molecule has 1 aliphatic heterocycles. The number of halogens is 1. The van der Waals surface area contributed by atoms with Gasteiger partial charge in [0.15, 0.2) is 0 Å². The molecule has 1 heterocycles. The van der Waals surface area contributed by atoms with Crippen molar-refractivity contribution in [1.29, 1.82) is 0 Å². The Kier molecular flexibility index (Phi) is 7.18. The Bertz CT molecular complexity index is 1200. The summed E-state index contributed by atoms with van der Waals surface area (Å²) in [4.78, 5) is 28.2. The predicted octanol–water partition coefficient (Wildman–Crippen LogP) is 4.83. The topological polar surface area (TPSA) is 88.0 Å². The quantitative estimate of drug-likeness (QED) is 0.385. The lowest BCUT2D eigenvalue weighted by Gasteiger charge is -2.36. The highest BCUT2D eigenvalue weighted by Crippen LogP contribution is 2.28. The number of ether oxygens (including phenoxy) is 1. The Labute approximate surface area is 202 Å². The van der Waals surface area contributed by atoms with E-state index in [0.29, 0.717) is 49.0 Å². The first kappa shape index (κ1) is 23.4. The summed E-state index contributed by atoms with van der Waals surface area (Å²) in [7, 11) is 1.63. The van der Waals surface area contributed by atoms with E-state index in [4.69, 9.17) is 16.3 Å². The number of nitro benzene ring substituents is 1. The number of nitrogens with zero attached hydrogens (tertiary/aromatic N) is 3. The Hall–Kier alpha value is -3.78. The number of carbonyl (C=O) groups excluding carboxylic acids is 1. The van der Waals surface area contributed by atoms with E-state index >= 15 is 0 Å². The first-order chi connectivity index (χ1) is 16.5. The normalized spacial score (nSPS) is 13.5. The van der Waals surface area contributed by atoms with Gasteiger partial charge in [0.05, 0.1) is 12.0 Å². The minimum absolute atomic E-state index is 0.145. The van der Waals surface area contributed by atoms with Crippen LogP contribution in [0, 0.1) is 10.1 Å². The zero-order chi connectivity index (χ0) is 24.1. The lowest BCUT2D eigenvalue weighted by Crippen LogP contribution is -2.48. The largest absolute Gasteiger partial charge is 0.497 e. The van der Waals surface area contributed by atoms with Gasteiger partial charge >= 0.3 is 0 Å². The van der Waals surface area contributed by atoms with Crippen LogP contribution in [0.25, 0.3) is 0 Å². The lowest BCUT2D eigenvalue weighted by atomic mass is 10.1. The smallest absolute Gasteiger partial charge is 0.293 e. The molecule has 8 nitrogen and oxygen atoms in total. The second kappa shape index (κ2) is 10.4. The van der Waals surface area contributed by atoms with E-state index in [9.17, 15) is 14.9 Å². The first-order valence-electron chi connectivity index (χ1n) is 10.9. The number of nitrogens with one attached hydrogen (secondary N) is 1. The van der Waals surface area contributed by atoms with Gasteiger partial charge in [0.25, 0.3) is 11.6 Å². The van der Waals surface area contributed by atoms with E-state index in [1.165, 1.54) is 6.07 Å². The number of hydrogen-bond acceptors (Lipinski definition) is 6. The van der Waals surface area contributed by atoms with Crippen LogP contribution in [-0.4, -0.2) is 49.0 Å². The second-order valence-corrected chi connectivity index (χ2v) is 8.32. The highest BCUT2D eigenvalue weighted by Gasteiger charge is 2.25. The van der Waals surface area contributed by atoms with Gasteiger partial charge in [0.1, 0.15) is 11.4 Å². The van der Waals surface area contributed by atoms with Crippen LogP contribution in [0.1, 0.15) is 15.9 Å². The number of amides is 1. The highest BCUT2D eigenvalue weighted by molar-refractivity contribution is 6.31. The molecular formula is C25H25ClN4O4. The molecule has 1 saturated heterocycles. The third-order valence-electron chi connectivity index (χ3n) is 5.85. The SMILES string of the molecule is COc1cccc(N2CCN(C(=O)c3ccc(NCc4ccccc4Cl)c([N+](=O)[O-])c3)CC2)c1. The van der Waals surface area contributed by atoms with Crippen LogP contribution in [0.5, 0.6) is 5.75 Å². The van der Waals surface area contributed by atoms with Crippen molar-refractivity contribution in [3.05, 3.63) is 93.0 Å². The molecule has 34 heavy (non-hydrogen) atoms. The Morgan fingerprint density at radius 1 is 1.06 bits per heavy atom. The zero-order valence-corrected chi connectivity index (χ0v) is 19.5. The molecular weight excluding hydrogens is 456 g/mol. The molecule has 3 aromatic rings. The summed E-state index contributed by atoms with van der Waals surface area (Å²) in [6, 6.07) is 19.6.